The molecule has 0 aromatic heterocycles. The van der Waals surface area contributed by atoms with Gasteiger partial charge >= 0.3 is 5.97 Å². The molecule has 168 valence electrons. The number of thioether (sulfide) groups is 1. The van der Waals surface area contributed by atoms with Crippen LogP contribution in [0.25, 0.3) is 21.5 Å². The van der Waals surface area contributed by atoms with Crippen LogP contribution in [0.4, 0.5) is 0 Å². The minimum absolute atomic E-state index is 0.226. The van der Waals surface area contributed by atoms with Gasteiger partial charge in [0.2, 0.25) is 0 Å². The Labute approximate surface area is 194 Å². The Kier molecular flexibility index (Phi) is 8.91. The van der Waals surface area contributed by atoms with E-state index < -0.39 is 12.1 Å². The maximum atomic E-state index is 12.0. The van der Waals surface area contributed by atoms with Gasteiger partial charge < -0.3 is 14.2 Å². The van der Waals surface area contributed by atoms with E-state index in [-0.39, 0.29) is 13.2 Å². The second-order valence-corrected chi connectivity index (χ2v) is 8.88. The lowest BCUT2D eigenvalue weighted by Crippen LogP contribution is -2.29. The van der Waals surface area contributed by atoms with Gasteiger partial charge in [-0.1, -0.05) is 49.9 Å². The highest BCUT2D eigenvalue weighted by Gasteiger charge is 2.17. The van der Waals surface area contributed by atoms with Crippen molar-refractivity contribution in [3.8, 4) is 0 Å². The van der Waals surface area contributed by atoms with Crippen LogP contribution in [0.15, 0.2) is 78.2 Å². The molecule has 32 heavy (non-hydrogen) atoms. The summed E-state index contributed by atoms with van der Waals surface area (Å²) in [6.07, 6.45) is 1.14. The highest BCUT2D eigenvalue weighted by atomic mass is 32.2. The zero-order valence-electron chi connectivity index (χ0n) is 18.8. The average Bonchev–Trinajstić information content (AvgIpc) is 2.78. The van der Waals surface area contributed by atoms with Gasteiger partial charge in [-0.25, -0.2) is 4.79 Å². The van der Waals surface area contributed by atoms with E-state index in [2.05, 4.69) is 56.5 Å². The second-order valence-electron chi connectivity index (χ2n) is 7.54. The molecule has 0 radical (unpaired) electrons. The molecular formula is C27H30O4S. The minimum atomic E-state index is -0.522. The third kappa shape index (κ3) is 6.22. The van der Waals surface area contributed by atoms with E-state index in [0.29, 0.717) is 18.8 Å². The third-order valence-corrected chi connectivity index (χ3v) is 5.85. The zero-order chi connectivity index (χ0) is 22.9. The number of rotatable bonds is 12. The first-order chi connectivity index (χ1) is 15.5. The molecule has 0 aliphatic rings. The molecule has 0 saturated carbocycles. The Morgan fingerprint density at radius 1 is 1.06 bits per heavy atom. The Balaban J connectivity index is 1.84. The Morgan fingerprint density at radius 3 is 2.56 bits per heavy atom. The highest BCUT2D eigenvalue weighted by Crippen LogP contribution is 2.32. The van der Waals surface area contributed by atoms with E-state index in [1.165, 1.54) is 21.1 Å². The standard InChI is InChI=1S/C27H30O4S/c1-5-13-29-16-22(31-27(28)19(3)4)17-30-18-26-24-10-8-7-9-20(24)14-21-11-12-23(32-6-2)15-25(21)26/h5,7-12,14-15,22H,1,3,6,13,16-18H2,2,4H3. The summed E-state index contributed by atoms with van der Waals surface area (Å²) in [7, 11) is 0. The summed E-state index contributed by atoms with van der Waals surface area (Å²) in [5, 5.41) is 4.70. The van der Waals surface area contributed by atoms with Crippen LogP contribution in [0.3, 0.4) is 0 Å². The van der Waals surface area contributed by atoms with E-state index in [1.807, 2.05) is 23.9 Å². The van der Waals surface area contributed by atoms with E-state index in [9.17, 15) is 4.79 Å². The first-order valence-corrected chi connectivity index (χ1v) is 11.7. The van der Waals surface area contributed by atoms with Crippen molar-refractivity contribution in [2.75, 3.05) is 25.6 Å². The molecule has 0 aliphatic carbocycles. The average molecular weight is 451 g/mol. The second kappa shape index (κ2) is 11.9. The lowest BCUT2D eigenvalue weighted by Gasteiger charge is -2.19. The predicted octanol–water partition coefficient (Wildman–Crippen LogP) is 6.31. The summed E-state index contributed by atoms with van der Waals surface area (Å²) in [5.41, 5.74) is 1.48. The molecule has 5 heteroatoms. The largest absolute Gasteiger partial charge is 0.454 e. The lowest BCUT2D eigenvalue weighted by atomic mass is 9.97. The van der Waals surface area contributed by atoms with Crippen LogP contribution in [0.1, 0.15) is 19.4 Å². The molecule has 0 amide bonds. The minimum Gasteiger partial charge on any atom is -0.454 e. The highest BCUT2D eigenvalue weighted by molar-refractivity contribution is 7.99. The molecule has 0 spiro atoms. The van der Waals surface area contributed by atoms with Crippen molar-refractivity contribution >= 4 is 39.3 Å². The van der Waals surface area contributed by atoms with Gasteiger partial charge in [0.1, 0.15) is 6.10 Å². The van der Waals surface area contributed by atoms with Crippen molar-refractivity contribution in [2.45, 2.75) is 31.5 Å². The summed E-state index contributed by atoms with van der Waals surface area (Å²) in [4.78, 5) is 13.3. The molecule has 0 bridgehead atoms. The molecule has 3 aromatic carbocycles. The Bertz CT molecular complexity index is 1110. The number of esters is 1. The van der Waals surface area contributed by atoms with Crippen molar-refractivity contribution in [1.82, 2.24) is 0 Å². The molecular weight excluding hydrogens is 420 g/mol. The summed E-state index contributed by atoms with van der Waals surface area (Å²) < 4.78 is 17.1. The maximum absolute atomic E-state index is 12.0. The van der Waals surface area contributed by atoms with Crippen molar-refractivity contribution < 1.29 is 19.0 Å². The Morgan fingerprint density at radius 2 is 1.81 bits per heavy atom. The van der Waals surface area contributed by atoms with Crippen LogP contribution in [0.5, 0.6) is 0 Å². The summed E-state index contributed by atoms with van der Waals surface area (Å²) in [5.74, 6) is 0.573. The molecule has 0 N–H and O–H groups in total. The first-order valence-electron chi connectivity index (χ1n) is 10.7. The number of carbonyl (C=O) groups excluding carboxylic acids is 1. The summed E-state index contributed by atoms with van der Waals surface area (Å²) >= 11 is 1.82. The molecule has 0 heterocycles. The number of hydrogen-bond donors (Lipinski definition) is 0. The third-order valence-electron chi connectivity index (χ3n) is 4.97. The van der Waals surface area contributed by atoms with E-state index in [0.717, 1.165) is 16.7 Å². The van der Waals surface area contributed by atoms with Crippen LogP contribution < -0.4 is 0 Å². The SMILES string of the molecule is C=CCOCC(COCc1c2ccccc2cc2ccc(SCC)cc12)OC(=O)C(=C)C. The normalized spacial score (nSPS) is 12.1. The van der Waals surface area contributed by atoms with Crippen molar-refractivity contribution in [2.24, 2.45) is 0 Å². The van der Waals surface area contributed by atoms with Gasteiger partial charge in [0.05, 0.1) is 26.4 Å². The molecule has 0 aliphatic heterocycles. The fourth-order valence-corrected chi connectivity index (χ4v) is 4.19. The maximum Gasteiger partial charge on any atom is 0.333 e. The van der Waals surface area contributed by atoms with Crippen LogP contribution >= 0.6 is 11.8 Å². The van der Waals surface area contributed by atoms with E-state index >= 15 is 0 Å². The summed E-state index contributed by atoms with van der Waals surface area (Å²) in [6, 6.07) is 17.1. The number of benzene rings is 3. The van der Waals surface area contributed by atoms with Crippen molar-refractivity contribution in [3.63, 3.8) is 0 Å². The quantitative estimate of drug-likeness (QED) is 0.0808. The van der Waals surface area contributed by atoms with E-state index in [1.54, 1.807) is 13.0 Å². The molecule has 1 atom stereocenters. The van der Waals surface area contributed by atoms with Crippen LogP contribution in [-0.4, -0.2) is 37.6 Å². The number of ether oxygens (including phenoxy) is 3. The van der Waals surface area contributed by atoms with Gasteiger partial charge in [-0.05, 0) is 58.0 Å². The van der Waals surface area contributed by atoms with Gasteiger partial charge in [-0.15, -0.1) is 18.3 Å². The summed E-state index contributed by atoms with van der Waals surface area (Å²) in [6.45, 7) is 12.3. The number of fused-ring (bicyclic) bond motifs is 2. The molecule has 3 rings (SSSR count). The smallest absolute Gasteiger partial charge is 0.333 e. The number of carbonyl (C=O) groups is 1. The monoisotopic (exact) mass is 450 g/mol. The topological polar surface area (TPSA) is 44.8 Å². The molecule has 0 fully saturated rings. The predicted molar refractivity (Wildman–Crippen MR) is 133 cm³/mol. The lowest BCUT2D eigenvalue weighted by molar-refractivity contribution is -0.151. The molecule has 3 aromatic rings. The van der Waals surface area contributed by atoms with Crippen LogP contribution in [0, 0.1) is 0 Å². The Hall–Kier alpha value is -2.60. The molecule has 4 nitrogen and oxygen atoms in total. The van der Waals surface area contributed by atoms with Crippen LogP contribution in [-0.2, 0) is 25.6 Å². The van der Waals surface area contributed by atoms with Crippen molar-refractivity contribution in [3.05, 3.63) is 78.9 Å². The van der Waals surface area contributed by atoms with Gasteiger partial charge in [0, 0.05) is 10.5 Å². The van der Waals surface area contributed by atoms with Gasteiger partial charge in [0.25, 0.3) is 0 Å². The number of hydrogen-bond acceptors (Lipinski definition) is 5. The zero-order valence-corrected chi connectivity index (χ0v) is 19.6. The van der Waals surface area contributed by atoms with Gasteiger partial charge in [0.15, 0.2) is 0 Å². The van der Waals surface area contributed by atoms with Gasteiger partial charge in [-0.2, -0.15) is 0 Å². The van der Waals surface area contributed by atoms with Crippen LogP contribution in [0.2, 0.25) is 0 Å². The molecule has 1 unspecified atom stereocenters. The molecule has 0 saturated heterocycles. The fourth-order valence-electron chi connectivity index (χ4n) is 3.49. The van der Waals surface area contributed by atoms with Crippen molar-refractivity contribution in [1.29, 1.82) is 0 Å². The first kappa shape index (κ1) is 24.1. The van der Waals surface area contributed by atoms with Gasteiger partial charge in [-0.3, -0.25) is 0 Å². The van der Waals surface area contributed by atoms with E-state index in [4.69, 9.17) is 14.2 Å². The fraction of sp³-hybridized carbons (Fsp3) is 0.296.